The zero-order valence-corrected chi connectivity index (χ0v) is 17.9. The van der Waals surface area contributed by atoms with Gasteiger partial charge in [0.15, 0.2) is 10.9 Å². The molecule has 3 aromatic heterocycles. The quantitative estimate of drug-likeness (QED) is 0.275. The Kier molecular flexibility index (Phi) is 6.22. The maximum atomic E-state index is 12.5. The molecule has 1 amide bonds. The fourth-order valence-electron chi connectivity index (χ4n) is 2.70. The summed E-state index contributed by atoms with van der Waals surface area (Å²) in [5, 5.41) is 11.0. The number of nitrogen functional groups attached to an aromatic ring is 1. The predicted molar refractivity (Wildman–Crippen MR) is 112 cm³/mol. The van der Waals surface area contributed by atoms with E-state index in [1.807, 2.05) is 0 Å². The number of aromatic nitrogens is 4. The third-order valence-electron chi connectivity index (χ3n) is 3.94. The number of thioether (sulfide) groups is 1. The molecule has 3 rings (SSSR count). The van der Waals surface area contributed by atoms with E-state index in [4.69, 9.17) is 10.5 Å². The SMILES string of the molecule is CCOC(=O)c1c(NC(=O)CSc2nnc3[nH]c(=O)cc(N)n23)sc(C(C)=O)c1C. The van der Waals surface area contributed by atoms with Gasteiger partial charge in [-0.05, 0) is 26.3 Å². The van der Waals surface area contributed by atoms with Crippen LogP contribution in [0.2, 0.25) is 0 Å². The van der Waals surface area contributed by atoms with Crippen molar-refractivity contribution < 1.29 is 19.1 Å². The number of fused-ring (bicyclic) bond motifs is 1. The van der Waals surface area contributed by atoms with Crippen molar-refractivity contribution in [2.45, 2.75) is 25.9 Å². The van der Waals surface area contributed by atoms with Gasteiger partial charge in [-0.1, -0.05) is 11.8 Å². The minimum atomic E-state index is -0.609. The topological polar surface area (TPSA) is 162 Å². The summed E-state index contributed by atoms with van der Waals surface area (Å²) in [5.74, 6) is -1.03. The van der Waals surface area contributed by atoms with E-state index in [-0.39, 0.29) is 40.3 Å². The van der Waals surface area contributed by atoms with Gasteiger partial charge in [0, 0.05) is 6.07 Å². The first-order valence-electron chi connectivity index (χ1n) is 8.71. The lowest BCUT2D eigenvalue weighted by molar-refractivity contribution is -0.113. The molecule has 4 N–H and O–H groups in total. The smallest absolute Gasteiger partial charge is 0.341 e. The molecule has 0 aliphatic rings. The molecule has 0 bridgehead atoms. The van der Waals surface area contributed by atoms with Crippen LogP contribution in [0.25, 0.3) is 5.78 Å². The molecule has 0 spiro atoms. The van der Waals surface area contributed by atoms with Gasteiger partial charge >= 0.3 is 5.97 Å². The van der Waals surface area contributed by atoms with Crippen molar-refractivity contribution in [1.29, 1.82) is 0 Å². The number of rotatable bonds is 7. The van der Waals surface area contributed by atoms with Crippen molar-refractivity contribution in [1.82, 2.24) is 19.6 Å². The summed E-state index contributed by atoms with van der Waals surface area (Å²) in [6.45, 7) is 4.86. The monoisotopic (exact) mass is 450 g/mol. The highest BCUT2D eigenvalue weighted by Crippen LogP contribution is 2.34. The minimum absolute atomic E-state index is 0.0754. The van der Waals surface area contributed by atoms with Crippen molar-refractivity contribution in [3.05, 3.63) is 32.4 Å². The van der Waals surface area contributed by atoms with Crippen molar-refractivity contribution in [2.75, 3.05) is 23.4 Å². The molecule has 158 valence electrons. The van der Waals surface area contributed by atoms with Gasteiger partial charge in [-0.15, -0.1) is 21.5 Å². The molecule has 3 heterocycles. The first-order chi connectivity index (χ1) is 14.2. The molecule has 0 atom stereocenters. The molecule has 0 fully saturated rings. The van der Waals surface area contributed by atoms with E-state index in [9.17, 15) is 19.2 Å². The number of carbonyl (C=O) groups excluding carboxylic acids is 3. The van der Waals surface area contributed by atoms with Gasteiger partial charge in [0.1, 0.15) is 10.8 Å². The van der Waals surface area contributed by atoms with E-state index in [0.717, 1.165) is 23.1 Å². The molecule has 11 nitrogen and oxygen atoms in total. The van der Waals surface area contributed by atoms with Crippen LogP contribution in [0.1, 0.15) is 39.4 Å². The number of thiophene rings is 1. The van der Waals surface area contributed by atoms with E-state index in [2.05, 4.69) is 20.5 Å². The Labute approximate surface area is 178 Å². The number of nitrogens with two attached hydrogens (primary N) is 1. The van der Waals surface area contributed by atoms with E-state index >= 15 is 0 Å². The van der Waals surface area contributed by atoms with Gasteiger partial charge in [-0.25, -0.2) is 9.20 Å². The second-order valence-corrected chi connectivity index (χ2v) is 8.04. The van der Waals surface area contributed by atoms with Gasteiger partial charge < -0.3 is 15.8 Å². The molecule has 0 aromatic carbocycles. The number of nitrogens with zero attached hydrogens (tertiary/aromatic N) is 3. The lowest BCUT2D eigenvalue weighted by atomic mass is 10.1. The van der Waals surface area contributed by atoms with Crippen molar-refractivity contribution >= 4 is 57.4 Å². The highest BCUT2D eigenvalue weighted by molar-refractivity contribution is 7.99. The average Bonchev–Trinajstić information content (AvgIpc) is 3.21. The lowest BCUT2D eigenvalue weighted by Gasteiger charge is -2.07. The van der Waals surface area contributed by atoms with Crippen LogP contribution >= 0.6 is 23.1 Å². The fourth-order valence-corrected chi connectivity index (χ4v) is 4.56. The highest BCUT2D eigenvalue weighted by Gasteiger charge is 2.25. The summed E-state index contributed by atoms with van der Waals surface area (Å²) in [5.41, 5.74) is 6.05. The summed E-state index contributed by atoms with van der Waals surface area (Å²) in [6.07, 6.45) is 0. The third-order valence-corrected chi connectivity index (χ3v) is 6.17. The van der Waals surface area contributed by atoms with Crippen LogP contribution in [0.3, 0.4) is 0 Å². The van der Waals surface area contributed by atoms with Crippen LogP contribution in [0.5, 0.6) is 0 Å². The van der Waals surface area contributed by atoms with E-state index in [1.165, 1.54) is 17.4 Å². The summed E-state index contributed by atoms with van der Waals surface area (Å²) in [6, 6.07) is 1.18. The Hall–Kier alpha value is -3.19. The number of aromatic amines is 1. The summed E-state index contributed by atoms with van der Waals surface area (Å²) in [7, 11) is 0. The number of ketones is 1. The van der Waals surface area contributed by atoms with Crippen molar-refractivity contribution in [3.8, 4) is 0 Å². The molecule has 3 aromatic rings. The molecular weight excluding hydrogens is 432 g/mol. The minimum Gasteiger partial charge on any atom is -0.462 e. The zero-order valence-electron chi connectivity index (χ0n) is 16.3. The maximum Gasteiger partial charge on any atom is 0.341 e. The van der Waals surface area contributed by atoms with Crippen LogP contribution in [0.15, 0.2) is 16.0 Å². The Morgan fingerprint density at radius 2 is 2.10 bits per heavy atom. The number of carbonyl (C=O) groups is 3. The lowest BCUT2D eigenvalue weighted by Crippen LogP contribution is -2.17. The Morgan fingerprint density at radius 3 is 2.77 bits per heavy atom. The van der Waals surface area contributed by atoms with Crippen LogP contribution in [0.4, 0.5) is 10.8 Å². The largest absolute Gasteiger partial charge is 0.462 e. The van der Waals surface area contributed by atoms with E-state index in [1.54, 1.807) is 13.8 Å². The van der Waals surface area contributed by atoms with Gasteiger partial charge in [0.2, 0.25) is 11.7 Å². The van der Waals surface area contributed by atoms with Crippen molar-refractivity contribution in [2.24, 2.45) is 0 Å². The molecular formula is C17H18N6O5S2. The number of H-pyrrole nitrogens is 1. The predicted octanol–water partition coefficient (Wildman–Crippen LogP) is 1.48. The third kappa shape index (κ3) is 4.21. The molecule has 0 aliphatic carbocycles. The summed E-state index contributed by atoms with van der Waals surface area (Å²) < 4.78 is 6.46. The summed E-state index contributed by atoms with van der Waals surface area (Å²) >= 11 is 2.06. The van der Waals surface area contributed by atoms with Crippen LogP contribution < -0.4 is 16.6 Å². The Balaban J connectivity index is 1.80. The first kappa shape index (κ1) is 21.5. The number of amides is 1. The second kappa shape index (κ2) is 8.67. The number of hydrogen-bond acceptors (Lipinski definition) is 10. The van der Waals surface area contributed by atoms with E-state index in [0.29, 0.717) is 15.6 Å². The van der Waals surface area contributed by atoms with Crippen LogP contribution in [0, 0.1) is 6.92 Å². The van der Waals surface area contributed by atoms with Crippen LogP contribution in [-0.2, 0) is 9.53 Å². The van der Waals surface area contributed by atoms with Crippen LogP contribution in [-0.4, -0.2) is 49.6 Å². The fraction of sp³-hybridized carbons (Fsp3) is 0.294. The Morgan fingerprint density at radius 1 is 1.37 bits per heavy atom. The van der Waals surface area contributed by atoms with Crippen molar-refractivity contribution in [3.63, 3.8) is 0 Å². The number of nitrogens with one attached hydrogen (secondary N) is 2. The molecule has 13 heteroatoms. The highest BCUT2D eigenvalue weighted by atomic mass is 32.2. The molecule has 0 radical (unpaired) electrons. The van der Waals surface area contributed by atoms with Gasteiger partial charge in [0.05, 0.1) is 22.8 Å². The second-order valence-electron chi connectivity index (χ2n) is 6.07. The molecule has 0 saturated heterocycles. The Bertz CT molecular complexity index is 1210. The van der Waals surface area contributed by atoms with E-state index < -0.39 is 17.4 Å². The first-order valence-corrected chi connectivity index (χ1v) is 10.5. The number of ether oxygens (including phenoxy) is 1. The van der Waals surface area contributed by atoms with Gasteiger partial charge in [-0.2, -0.15) is 0 Å². The number of esters is 1. The molecule has 0 aliphatic heterocycles. The zero-order chi connectivity index (χ0) is 22.0. The number of Topliss-reactive ketones (excluding diaryl/α,β-unsaturated/α-hetero) is 1. The molecule has 30 heavy (non-hydrogen) atoms. The number of hydrogen-bond donors (Lipinski definition) is 3. The summed E-state index contributed by atoms with van der Waals surface area (Å²) in [4.78, 5) is 51.0. The average molecular weight is 451 g/mol. The number of anilines is 2. The molecule has 0 saturated carbocycles. The van der Waals surface area contributed by atoms with Gasteiger partial charge in [-0.3, -0.25) is 19.4 Å². The normalized spacial score (nSPS) is 10.9. The van der Waals surface area contributed by atoms with Gasteiger partial charge in [0.25, 0.3) is 5.56 Å². The maximum absolute atomic E-state index is 12.5. The standard InChI is InChI=1S/C17H18N6O5S2/c1-4-28-15(27)12-7(2)13(8(3)24)30-14(12)19-11(26)6-29-17-22-21-16-20-10(25)5-9(18)23(16)17/h5H,4,6,18H2,1-3H3,(H,19,26)(H,20,21,25). The molecule has 0 unspecified atom stereocenters.